The van der Waals surface area contributed by atoms with Crippen LogP contribution in [0.2, 0.25) is 0 Å². The van der Waals surface area contributed by atoms with Gasteiger partial charge in [0.15, 0.2) is 0 Å². The molecule has 4 rings (SSSR count). The molecular formula is C34H36Cl3F3N2O9. The van der Waals surface area contributed by atoms with Crippen molar-refractivity contribution in [2.24, 2.45) is 0 Å². The van der Waals surface area contributed by atoms with Gasteiger partial charge in [-0.25, -0.2) is 0 Å². The summed E-state index contributed by atoms with van der Waals surface area (Å²) in [6.45, 7) is -0.340. The summed E-state index contributed by atoms with van der Waals surface area (Å²) >= 11 is 17.6. The van der Waals surface area contributed by atoms with Crippen molar-refractivity contribution in [3.63, 3.8) is 0 Å². The number of nitrogens with one attached hydrogen (secondary N) is 2. The average molecular weight is 780 g/mol. The summed E-state index contributed by atoms with van der Waals surface area (Å²) in [7, 11) is 4.55. The molecule has 11 nitrogen and oxygen atoms in total. The number of halogens is 6. The molecule has 1 fully saturated rings. The zero-order chi connectivity index (χ0) is 37.2. The Morgan fingerprint density at radius 3 is 1.59 bits per heavy atom. The molecule has 3 aromatic carbocycles. The fourth-order valence-corrected chi connectivity index (χ4v) is 5.08. The Morgan fingerprint density at radius 1 is 0.745 bits per heavy atom. The van der Waals surface area contributed by atoms with E-state index in [1.807, 2.05) is 5.32 Å². The maximum absolute atomic E-state index is 13.7. The average Bonchev–Trinajstić information content (AvgIpc) is 3.11. The van der Waals surface area contributed by atoms with Crippen LogP contribution in [0.5, 0.6) is 17.2 Å². The van der Waals surface area contributed by atoms with E-state index in [1.54, 1.807) is 72.8 Å². The second-order valence-corrected chi connectivity index (χ2v) is 13.4. The molecule has 0 aromatic heterocycles. The van der Waals surface area contributed by atoms with E-state index >= 15 is 0 Å². The normalized spacial score (nSPS) is 20.7. The third kappa shape index (κ3) is 11.8. The van der Waals surface area contributed by atoms with Crippen LogP contribution >= 0.6 is 34.8 Å². The first-order valence-corrected chi connectivity index (χ1v) is 16.4. The first kappa shape index (κ1) is 40.3. The highest BCUT2D eigenvalue weighted by Crippen LogP contribution is 2.34. The van der Waals surface area contributed by atoms with Gasteiger partial charge >= 0.3 is 12.1 Å². The third-order valence-corrected chi connectivity index (χ3v) is 8.12. The van der Waals surface area contributed by atoms with Crippen molar-refractivity contribution >= 4 is 46.6 Å². The van der Waals surface area contributed by atoms with Crippen molar-refractivity contribution in [1.82, 2.24) is 5.32 Å². The third-order valence-electron chi connectivity index (χ3n) is 7.61. The molecule has 51 heavy (non-hydrogen) atoms. The number of hydrogen-bond acceptors (Lipinski definition) is 10. The second kappa shape index (κ2) is 18.3. The molecule has 0 bridgehead atoms. The lowest BCUT2D eigenvalue weighted by Gasteiger charge is -2.46. The molecule has 0 saturated carbocycles. The van der Waals surface area contributed by atoms with Crippen LogP contribution in [-0.2, 0) is 48.3 Å². The summed E-state index contributed by atoms with van der Waals surface area (Å²) in [5, 5.41) is 10.1. The van der Waals surface area contributed by atoms with Crippen molar-refractivity contribution in [2.75, 3.05) is 27.9 Å². The summed E-state index contributed by atoms with van der Waals surface area (Å²) in [4.78, 5) is 12.4. The Morgan fingerprint density at radius 2 is 1.18 bits per heavy atom. The highest BCUT2D eigenvalue weighted by atomic mass is 35.6. The topological polar surface area (TPSA) is 127 Å². The zero-order valence-corrected chi connectivity index (χ0v) is 29.9. The van der Waals surface area contributed by atoms with E-state index in [0.717, 1.165) is 5.56 Å². The number of hydrogen-bond donors (Lipinski definition) is 2. The summed E-state index contributed by atoms with van der Waals surface area (Å²) in [5.41, 5.74) is 2.06. The van der Waals surface area contributed by atoms with Gasteiger partial charge in [0.05, 0.1) is 47.8 Å². The monoisotopic (exact) mass is 778 g/mol. The van der Waals surface area contributed by atoms with Gasteiger partial charge in [0, 0.05) is 0 Å². The van der Waals surface area contributed by atoms with Crippen molar-refractivity contribution in [2.45, 2.75) is 60.4 Å². The summed E-state index contributed by atoms with van der Waals surface area (Å²) in [6.07, 6.45) is -10.9. The van der Waals surface area contributed by atoms with E-state index < -0.39 is 52.4 Å². The van der Waals surface area contributed by atoms with Gasteiger partial charge < -0.3 is 43.2 Å². The Hall–Kier alpha value is -3.50. The van der Waals surface area contributed by atoms with Gasteiger partial charge in [-0.05, 0) is 53.1 Å². The minimum Gasteiger partial charge on any atom is -0.497 e. The Balaban J connectivity index is 1.71. The van der Waals surface area contributed by atoms with Crippen LogP contribution in [0.15, 0.2) is 72.8 Å². The van der Waals surface area contributed by atoms with Gasteiger partial charge in [0.1, 0.15) is 41.6 Å². The van der Waals surface area contributed by atoms with Gasteiger partial charge in [0.2, 0.25) is 12.2 Å². The highest BCUT2D eigenvalue weighted by molar-refractivity contribution is 6.76. The summed E-state index contributed by atoms with van der Waals surface area (Å²) < 4.78 is 84.4. The first-order valence-electron chi connectivity index (χ1n) is 15.3. The molecule has 1 saturated heterocycles. The van der Waals surface area contributed by atoms with Gasteiger partial charge in [-0.15, -0.1) is 0 Å². The molecule has 0 radical (unpaired) electrons. The van der Waals surface area contributed by atoms with Crippen molar-refractivity contribution in [3.05, 3.63) is 89.5 Å². The lowest BCUT2D eigenvalue weighted by atomic mass is 9.95. The summed E-state index contributed by atoms with van der Waals surface area (Å²) in [6, 6.07) is 19.0. The smallest absolute Gasteiger partial charge is 0.471 e. The molecule has 1 aliphatic rings. The SMILES string of the molecule is COc1ccc(COCC2OC(OC(=N)C(Cl)(Cl)Cl)C(NC(=O)C(F)(F)F)[C@@H](OCc3ccc(OC)cc3)[C@@H]2OCc2ccc(OC)cc2)cc1. The molecule has 0 aliphatic carbocycles. The van der Waals surface area contributed by atoms with Crippen molar-refractivity contribution in [1.29, 1.82) is 5.41 Å². The maximum atomic E-state index is 13.7. The van der Waals surface area contributed by atoms with Crippen LogP contribution in [-0.4, -0.2) is 80.4 Å². The Kier molecular flexibility index (Phi) is 14.5. The van der Waals surface area contributed by atoms with Crippen molar-refractivity contribution < 1.29 is 55.9 Å². The molecule has 278 valence electrons. The van der Waals surface area contributed by atoms with Crippen molar-refractivity contribution in [3.8, 4) is 17.2 Å². The van der Waals surface area contributed by atoms with Gasteiger partial charge in [-0.2, -0.15) is 13.2 Å². The van der Waals surface area contributed by atoms with Gasteiger partial charge in [0.25, 0.3) is 3.79 Å². The van der Waals surface area contributed by atoms with Gasteiger partial charge in [-0.3, -0.25) is 10.2 Å². The first-order chi connectivity index (χ1) is 24.2. The number of benzene rings is 3. The van der Waals surface area contributed by atoms with E-state index in [9.17, 15) is 18.0 Å². The lowest BCUT2D eigenvalue weighted by Crippen LogP contribution is -2.67. The Bertz CT molecular complexity index is 1560. The predicted molar refractivity (Wildman–Crippen MR) is 182 cm³/mol. The number of rotatable bonds is 15. The minimum absolute atomic E-state index is 0.0647. The van der Waals surface area contributed by atoms with Crippen LogP contribution in [0.4, 0.5) is 13.2 Å². The van der Waals surface area contributed by atoms with E-state index in [1.165, 1.54) is 21.3 Å². The van der Waals surface area contributed by atoms with Crippen LogP contribution in [0.25, 0.3) is 0 Å². The highest BCUT2D eigenvalue weighted by Gasteiger charge is 2.53. The molecule has 1 aliphatic heterocycles. The van der Waals surface area contributed by atoms with E-state index in [2.05, 4.69) is 0 Å². The Labute approximate surface area is 307 Å². The number of amides is 1. The van der Waals surface area contributed by atoms with Gasteiger partial charge in [-0.1, -0.05) is 71.2 Å². The van der Waals surface area contributed by atoms with E-state index in [0.29, 0.717) is 28.4 Å². The predicted octanol–water partition coefficient (Wildman–Crippen LogP) is 6.54. The molecule has 1 heterocycles. The van der Waals surface area contributed by atoms with Crippen LogP contribution in [0.3, 0.4) is 0 Å². The minimum atomic E-state index is -5.31. The van der Waals surface area contributed by atoms with E-state index in [-0.39, 0.29) is 26.4 Å². The number of carbonyl (C=O) groups excluding carboxylic acids is 1. The molecule has 3 unspecified atom stereocenters. The second-order valence-electron chi connectivity index (χ2n) is 11.1. The van der Waals surface area contributed by atoms with Crippen LogP contribution in [0, 0.1) is 5.41 Å². The van der Waals surface area contributed by atoms with Crippen LogP contribution in [0.1, 0.15) is 16.7 Å². The van der Waals surface area contributed by atoms with E-state index in [4.69, 9.17) is 78.1 Å². The lowest BCUT2D eigenvalue weighted by molar-refractivity contribution is -0.275. The number of methoxy groups -OCH3 is 3. The molecule has 2 N–H and O–H groups in total. The fraction of sp³-hybridized carbons (Fsp3) is 0.412. The molecule has 17 heteroatoms. The fourth-order valence-electron chi connectivity index (χ4n) is 4.95. The number of carbonyl (C=O) groups is 1. The quantitative estimate of drug-likeness (QED) is 0.101. The number of alkyl halides is 6. The zero-order valence-electron chi connectivity index (χ0n) is 27.6. The molecule has 5 atom stereocenters. The molecule has 0 spiro atoms. The summed E-state index contributed by atoms with van der Waals surface area (Å²) in [5.74, 6) is -1.51. The molecule has 1 amide bonds. The largest absolute Gasteiger partial charge is 0.497 e. The molecular weight excluding hydrogens is 744 g/mol. The number of ether oxygens (including phenoxy) is 8. The maximum Gasteiger partial charge on any atom is 0.471 e. The standard InChI is InChI=1S/C34H36Cl3F3N2O9/c1-44-23-10-4-20(5-11-23)16-47-19-26-28(48-17-21-6-12-24(45-2)13-7-21)29(49-18-22-8-14-25(46-3)15-9-22)27(42-32(43)34(38,39)40)30(50-26)51-31(41)33(35,36)37/h4-15,26-30,41H,16-19H2,1-3H3,(H,42,43)/t26?,27?,28-,29-,30?/m1/s1. The molecule has 3 aromatic rings. The van der Waals surface area contributed by atoms with Crippen LogP contribution < -0.4 is 19.5 Å².